The standard InChI is InChI=1S/C22H27F3N6O/c1-30-8-5-14(6-9-30)18-11-20(28-19-10-15(4-7-26-19)22(23,24)25)29-21(27-18)31-12-16-2-3-17(13-31)32-16/h4,7,10-11,14,16-17H,2-3,5-6,8-9,12-13H2,1H3,(H,26,27,28,29). The number of nitrogens with zero attached hydrogens (tertiary/aromatic N) is 5. The summed E-state index contributed by atoms with van der Waals surface area (Å²) in [5, 5.41) is 2.99. The van der Waals surface area contributed by atoms with Gasteiger partial charge in [-0.05, 0) is 58.0 Å². The fourth-order valence-electron chi connectivity index (χ4n) is 4.76. The Morgan fingerprint density at radius 1 is 1.00 bits per heavy atom. The molecule has 2 atom stereocenters. The van der Waals surface area contributed by atoms with E-state index in [1.165, 1.54) is 0 Å². The maximum absolute atomic E-state index is 13.1. The molecule has 2 bridgehead atoms. The molecule has 3 saturated heterocycles. The topological polar surface area (TPSA) is 66.4 Å². The number of aromatic nitrogens is 3. The molecule has 5 rings (SSSR count). The third-order valence-electron chi connectivity index (χ3n) is 6.54. The van der Waals surface area contributed by atoms with Crippen molar-refractivity contribution < 1.29 is 17.9 Å². The lowest BCUT2D eigenvalue weighted by Gasteiger charge is -2.33. The van der Waals surface area contributed by atoms with Crippen molar-refractivity contribution in [2.45, 2.75) is 50.0 Å². The average Bonchev–Trinajstić information content (AvgIpc) is 3.11. The summed E-state index contributed by atoms with van der Waals surface area (Å²) in [7, 11) is 2.11. The molecule has 32 heavy (non-hydrogen) atoms. The Morgan fingerprint density at radius 2 is 1.72 bits per heavy atom. The van der Waals surface area contributed by atoms with Gasteiger partial charge in [0.1, 0.15) is 11.6 Å². The quantitative estimate of drug-likeness (QED) is 0.763. The van der Waals surface area contributed by atoms with E-state index in [-0.39, 0.29) is 18.0 Å². The summed E-state index contributed by atoms with van der Waals surface area (Å²) in [6.45, 7) is 3.44. The molecule has 0 saturated carbocycles. The summed E-state index contributed by atoms with van der Waals surface area (Å²) in [6, 6.07) is 3.83. The number of hydrogen-bond donors (Lipinski definition) is 1. The number of fused-ring (bicyclic) bond motifs is 2. The Labute approximate surface area is 185 Å². The highest BCUT2D eigenvalue weighted by atomic mass is 19.4. The number of morpholine rings is 1. The van der Waals surface area contributed by atoms with Gasteiger partial charge in [-0.25, -0.2) is 9.97 Å². The van der Waals surface area contributed by atoms with Gasteiger partial charge >= 0.3 is 6.18 Å². The minimum absolute atomic E-state index is 0.112. The van der Waals surface area contributed by atoms with Crippen molar-refractivity contribution in [2.24, 2.45) is 0 Å². The fourth-order valence-corrected chi connectivity index (χ4v) is 4.76. The molecule has 5 heterocycles. The van der Waals surface area contributed by atoms with Crippen LogP contribution < -0.4 is 10.2 Å². The minimum atomic E-state index is -4.43. The van der Waals surface area contributed by atoms with Gasteiger partial charge in [0.25, 0.3) is 0 Å². The number of pyridine rings is 1. The Morgan fingerprint density at radius 3 is 2.41 bits per heavy atom. The predicted octanol–water partition coefficient (Wildman–Crippen LogP) is 3.81. The van der Waals surface area contributed by atoms with E-state index >= 15 is 0 Å². The monoisotopic (exact) mass is 448 g/mol. The van der Waals surface area contributed by atoms with E-state index in [1.54, 1.807) is 0 Å². The van der Waals surface area contributed by atoms with Crippen molar-refractivity contribution in [2.75, 3.05) is 43.4 Å². The molecule has 7 nitrogen and oxygen atoms in total. The molecule has 0 amide bonds. The molecule has 0 radical (unpaired) electrons. The van der Waals surface area contributed by atoms with Gasteiger partial charge in [0.15, 0.2) is 0 Å². The van der Waals surface area contributed by atoms with Gasteiger partial charge in [-0.3, -0.25) is 0 Å². The summed E-state index contributed by atoms with van der Waals surface area (Å²) in [5.74, 6) is 1.48. The number of rotatable bonds is 4. The molecular weight excluding hydrogens is 421 g/mol. The average molecular weight is 448 g/mol. The van der Waals surface area contributed by atoms with Crippen molar-refractivity contribution >= 4 is 17.6 Å². The first-order chi connectivity index (χ1) is 15.3. The molecular formula is C22H27F3N6O. The number of ether oxygens (including phenoxy) is 1. The van der Waals surface area contributed by atoms with Gasteiger partial charge in [-0.2, -0.15) is 18.2 Å². The molecule has 3 aliphatic heterocycles. The van der Waals surface area contributed by atoms with Crippen molar-refractivity contribution in [3.05, 3.63) is 35.7 Å². The highest BCUT2D eigenvalue weighted by Gasteiger charge is 2.35. The van der Waals surface area contributed by atoms with Crippen LogP contribution in [-0.2, 0) is 10.9 Å². The number of anilines is 3. The number of halogens is 3. The molecule has 2 aromatic rings. The zero-order chi connectivity index (χ0) is 22.3. The molecule has 0 aromatic carbocycles. The Kier molecular flexibility index (Phi) is 5.66. The van der Waals surface area contributed by atoms with Crippen LogP contribution in [0.4, 0.5) is 30.8 Å². The van der Waals surface area contributed by atoms with Crippen LogP contribution in [0.25, 0.3) is 0 Å². The van der Waals surface area contributed by atoms with Crippen molar-refractivity contribution in [3.63, 3.8) is 0 Å². The van der Waals surface area contributed by atoms with Gasteiger partial charge in [0.05, 0.1) is 23.5 Å². The van der Waals surface area contributed by atoms with Gasteiger partial charge in [-0.1, -0.05) is 0 Å². The lowest BCUT2D eigenvalue weighted by Crippen LogP contribution is -2.43. The molecule has 1 N–H and O–H groups in total. The smallest absolute Gasteiger partial charge is 0.371 e. The summed E-state index contributed by atoms with van der Waals surface area (Å²) in [6.07, 6.45) is 1.15. The number of piperidine rings is 1. The molecule has 0 aliphatic carbocycles. The van der Waals surface area contributed by atoms with Gasteiger partial charge < -0.3 is 19.9 Å². The van der Waals surface area contributed by atoms with E-state index in [9.17, 15) is 13.2 Å². The van der Waals surface area contributed by atoms with E-state index in [0.717, 1.165) is 75.9 Å². The van der Waals surface area contributed by atoms with Crippen LogP contribution in [0.1, 0.15) is 42.9 Å². The molecule has 3 fully saturated rings. The van der Waals surface area contributed by atoms with Crippen LogP contribution in [0.5, 0.6) is 0 Å². The van der Waals surface area contributed by atoms with Crippen molar-refractivity contribution in [1.82, 2.24) is 19.9 Å². The minimum Gasteiger partial charge on any atom is -0.371 e. The molecule has 0 spiro atoms. The summed E-state index contributed by atoms with van der Waals surface area (Å²) < 4.78 is 45.3. The number of alkyl halides is 3. The normalized spacial score (nSPS) is 24.7. The van der Waals surface area contributed by atoms with Crippen LogP contribution in [0.3, 0.4) is 0 Å². The third kappa shape index (κ3) is 4.66. The second kappa shape index (κ2) is 8.47. The zero-order valence-corrected chi connectivity index (χ0v) is 18.0. The molecule has 2 aromatic heterocycles. The lowest BCUT2D eigenvalue weighted by atomic mass is 9.93. The van der Waals surface area contributed by atoms with Crippen molar-refractivity contribution in [1.29, 1.82) is 0 Å². The van der Waals surface area contributed by atoms with Crippen LogP contribution in [0.15, 0.2) is 24.4 Å². The summed E-state index contributed by atoms with van der Waals surface area (Å²) in [5.41, 5.74) is 0.181. The van der Waals surface area contributed by atoms with Gasteiger partial charge in [-0.15, -0.1) is 0 Å². The molecule has 10 heteroatoms. The van der Waals surface area contributed by atoms with Gasteiger partial charge in [0, 0.05) is 31.3 Å². The van der Waals surface area contributed by atoms with E-state index < -0.39 is 11.7 Å². The van der Waals surface area contributed by atoms with Crippen LogP contribution in [0.2, 0.25) is 0 Å². The second-order valence-electron chi connectivity index (χ2n) is 8.97. The maximum atomic E-state index is 13.1. The largest absolute Gasteiger partial charge is 0.416 e. The van der Waals surface area contributed by atoms with Crippen molar-refractivity contribution in [3.8, 4) is 0 Å². The number of nitrogens with one attached hydrogen (secondary N) is 1. The van der Waals surface area contributed by atoms with E-state index in [2.05, 4.69) is 32.1 Å². The van der Waals surface area contributed by atoms with E-state index in [4.69, 9.17) is 9.72 Å². The number of hydrogen-bond acceptors (Lipinski definition) is 7. The highest BCUT2D eigenvalue weighted by molar-refractivity contribution is 5.55. The first kappa shape index (κ1) is 21.4. The third-order valence-corrected chi connectivity index (χ3v) is 6.54. The highest BCUT2D eigenvalue weighted by Crippen LogP contribution is 2.34. The van der Waals surface area contributed by atoms with E-state index in [1.807, 2.05) is 6.07 Å². The maximum Gasteiger partial charge on any atom is 0.416 e. The lowest BCUT2D eigenvalue weighted by molar-refractivity contribution is -0.137. The fraction of sp³-hybridized carbons (Fsp3) is 0.591. The molecule has 172 valence electrons. The second-order valence-corrected chi connectivity index (χ2v) is 8.97. The van der Waals surface area contributed by atoms with Gasteiger partial charge in [0.2, 0.25) is 5.95 Å². The van der Waals surface area contributed by atoms with Crippen LogP contribution in [-0.4, -0.2) is 65.3 Å². The Hall–Kier alpha value is -2.46. The first-order valence-corrected chi connectivity index (χ1v) is 11.1. The Balaban J connectivity index is 1.45. The number of likely N-dealkylation sites (tertiary alicyclic amines) is 1. The predicted molar refractivity (Wildman–Crippen MR) is 114 cm³/mol. The van der Waals surface area contributed by atoms with Crippen LogP contribution in [0, 0.1) is 0 Å². The Bertz CT molecular complexity index is 951. The molecule has 2 unspecified atom stereocenters. The van der Waals surface area contributed by atoms with Crippen LogP contribution >= 0.6 is 0 Å². The zero-order valence-electron chi connectivity index (χ0n) is 18.0. The summed E-state index contributed by atoms with van der Waals surface area (Å²) >= 11 is 0. The summed E-state index contributed by atoms with van der Waals surface area (Å²) in [4.78, 5) is 18.1. The SMILES string of the molecule is CN1CCC(c2cc(Nc3cc(C(F)(F)F)ccn3)nc(N3CC4CCC(C3)O4)n2)CC1. The van der Waals surface area contributed by atoms with E-state index in [0.29, 0.717) is 17.7 Å². The first-order valence-electron chi connectivity index (χ1n) is 11.1. The molecule has 3 aliphatic rings.